The number of hydrogen-bond donors (Lipinski definition) is 5. The van der Waals surface area contributed by atoms with Crippen LogP contribution in [0.4, 0.5) is 0 Å². The second kappa shape index (κ2) is 7.30. The van der Waals surface area contributed by atoms with Crippen molar-refractivity contribution >= 4 is 0 Å². The summed E-state index contributed by atoms with van der Waals surface area (Å²) in [6.07, 6.45) is -5.88. The number of hydrogen-bond acceptors (Lipinski definition) is 7. The zero-order valence-corrected chi connectivity index (χ0v) is 10.5. The van der Waals surface area contributed by atoms with E-state index < -0.39 is 42.7 Å². The topological polar surface area (TPSA) is 125 Å². The molecule has 0 aromatic carbocycles. The molecule has 0 amide bonds. The maximum absolute atomic E-state index is 9.84. The average Bonchev–Trinajstić information content (AvgIpc) is 2.65. The molecule has 1 fully saturated rings. The Morgan fingerprint density at radius 2 is 2.00 bits per heavy atom. The van der Waals surface area contributed by atoms with Crippen molar-refractivity contribution in [3.8, 4) is 0 Å². The molecule has 2 radical (unpaired) electrons. The van der Waals surface area contributed by atoms with Crippen LogP contribution in [0.5, 0.6) is 0 Å². The van der Waals surface area contributed by atoms with Crippen molar-refractivity contribution in [2.75, 3.05) is 13.2 Å². The van der Waals surface area contributed by atoms with Gasteiger partial charge in [-0.1, -0.05) is 6.08 Å². The van der Waals surface area contributed by atoms with Gasteiger partial charge >= 0.3 is 0 Å². The van der Waals surface area contributed by atoms with E-state index in [0.717, 1.165) is 0 Å². The number of aliphatic hydroxyl groups excluding tert-OH is 4. The summed E-state index contributed by atoms with van der Waals surface area (Å²) in [5.41, 5.74) is 5.71. The zero-order valence-electron chi connectivity index (χ0n) is 10.5. The van der Waals surface area contributed by atoms with Crippen molar-refractivity contribution in [2.45, 2.75) is 42.7 Å². The highest BCUT2D eigenvalue weighted by atomic mass is 16.5. The van der Waals surface area contributed by atoms with Crippen LogP contribution < -0.4 is 5.73 Å². The van der Waals surface area contributed by atoms with E-state index in [4.69, 9.17) is 22.1 Å². The van der Waals surface area contributed by atoms with Crippen molar-refractivity contribution in [3.63, 3.8) is 0 Å². The van der Waals surface area contributed by atoms with Gasteiger partial charge in [-0.3, -0.25) is 0 Å². The molecule has 19 heavy (non-hydrogen) atoms. The van der Waals surface area contributed by atoms with E-state index in [1.54, 1.807) is 0 Å². The largest absolute Gasteiger partial charge is 0.389 e. The zero-order chi connectivity index (χ0) is 14.6. The number of aliphatic hydroxyl groups is 4. The normalized spacial score (nSPS) is 35.9. The van der Waals surface area contributed by atoms with Crippen molar-refractivity contribution < 1.29 is 29.9 Å². The summed E-state index contributed by atoms with van der Waals surface area (Å²) in [5.74, 6) is 0. The molecule has 110 valence electrons. The van der Waals surface area contributed by atoms with Crippen LogP contribution in [0.2, 0.25) is 0 Å². The Balaban J connectivity index is 2.51. The van der Waals surface area contributed by atoms with Crippen LogP contribution in [0.1, 0.15) is 0 Å². The fourth-order valence-electron chi connectivity index (χ4n) is 1.87. The third-order valence-electron chi connectivity index (χ3n) is 3.03. The van der Waals surface area contributed by atoms with Gasteiger partial charge < -0.3 is 35.6 Å². The highest BCUT2D eigenvalue weighted by molar-refractivity contribution is 4.99. The van der Waals surface area contributed by atoms with Crippen molar-refractivity contribution in [3.05, 3.63) is 19.6 Å². The van der Waals surface area contributed by atoms with E-state index in [1.165, 1.54) is 6.08 Å². The SMILES string of the molecule is [CH][C@@H]1O[C@@H]([C@H](N)[C@@H](O)C(O)COCC=C)[C@H](O)C1O. The maximum atomic E-state index is 9.84. The van der Waals surface area contributed by atoms with Crippen LogP contribution in [0.25, 0.3) is 0 Å². The molecule has 0 aromatic heterocycles. The maximum Gasteiger partial charge on any atom is 0.110 e. The predicted octanol–water partition coefficient (Wildman–Crippen LogP) is -2.56. The van der Waals surface area contributed by atoms with Gasteiger partial charge in [-0.15, -0.1) is 6.58 Å². The van der Waals surface area contributed by atoms with Crippen LogP contribution in [0.15, 0.2) is 12.7 Å². The molecule has 1 rings (SSSR count). The van der Waals surface area contributed by atoms with Crippen molar-refractivity contribution in [1.82, 2.24) is 0 Å². The summed E-state index contributed by atoms with van der Waals surface area (Å²) >= 11 is 0. The van der Waals surface area contributed by atoms with E-state index in [-0.39, 0.29) is 13.2 Å². The van der Waals surface area contributed by atoms with Gasteiger partial charge in [0.2, 0.25) is 0 Å². The predicted molar refractivity (Wildman–Crippen MR) is 66.0 cm³/mol. The van der Waals surface area contributed by atoms with Crippen LogP contribution in [0, 0.1) is 6.92 Å². The highest BCUT2D eigenvalue weighted by Gasteiger charge is 2.46. The third-order valence-corrected chi connectivity index (χ3v) is 3.03. The minimum Gasteiger partial charge on any atom is -0.389 e. The Kier molecular flexibility index (Phi) is 6.34. The van der Waals surface area contributed by atoms with Gasteiger partial charge in [0.15, 0.2) is 0 Å². The van der Waals surface area contributed by atoms with Crippen LogP contribution >= 0.6 is 0 Å². The lowest BCUT2D eigenvalue weighted by Gasteiger charge is -2.29. The first-order valence-corrected chi connectivity index (χ1v) is 5.97. The van der Waals surface area contributed by atoms with Crippen LogP contribution in [0.3, 0.4) is 0 Å². The van der Waals surface area contributed by atoms with Gasteiger partial charge in [0, 0.05) is 0 Å². The lowest BCUT2D eigenvalue weighted by molar-refractivity contribution is -0.0816. The summed E-state index contributed by atoms with van der Waals surface area (Å²) in [6.45, 7) is 8.93. The second-order valence-electron chi connectivity index (χ2n) is 4.51. The summed E-state index contributed by atoms with van der Waals surface area (Å²) in [6, 6.07) is -1.11. The summed E-state index contributed by atoms with van der Waals surface area (Å²) in [4.78, 5) is 0. The minimum atomic E-state index is -1.39. The van der Waals surface area contributed by atoms with Gasteiger partial charge in [-0.25, -0.2) is 0 Å². The summed E-state index contributed by atoms with van der Waals surface area (Å²) in [7, 11) is 0. The molecule has 6 N–H and O–H groups in total. The van der Waals surface area contributed by atoms with E-state index in [1.807, 2.05) is 0 Å². The molecule has 1 saturated heterocycles. The number of rotatable bonds is 7. The van der Waals surface area contributed by atoms with Crippen LogP contribution in [-0.2, 0) is 9.47 Å². The standard InChI is InChI=1S/C12H21NO6/c1-3-4-18-5-7(14)10(16)8(13)12-11(17)9(15)6(2)19-12/h2-3,6-12,14-17H,1,4-5,13H2/t6-,7?,8+,9?,10-,11+,12-/m0/s1. The monoisotopic (exact) mass is 275 g/mol. The Morgan fingerprint density at radius 1 is 1.37 bits per heavy atom. The average molecular weight is 275 g/mol. The molecule has 7 nitrogen and oxygen atoms in total. The van der Waals surface area contributed by atoms with Gasteiger partial charge in [0.1, 0.15) is 24.4 Å². The Hall–Kier alpha value is -0.540. The van der Waals surface area contributed by atoms with E-state index in [0.29, 0.717) is 0 Å². The highest BCUT2D eigenvalue weighted by Crippen LogP contribution is 2.24. The molecule has 1 heterocycles. The number of ether oxygens (including phenoxy) is 2. The minimum absolute atomic E-state index is 0.141. The molecule has 7 heteroatoms. The third kappa shape index (κ3) is 3.96. The van der Waals surface area contributed by atoms with Gasteiger partial charge in [-0.2, -0.15) is 0 Å². The van der Waals surface area contributed by atoms with Crippen molar-refractivity contribution in [1.29, 1.82) is 0 Å². The Morgan fingerprint density at radius 3 is 2.47 bits per heavy atom. The molecule has 0 spiro atoms. The summed E-state index contributed by atoms with van der Waals surface area (Å²) < 4.78 is 10.1. The van der Waals surface area contributed by atoms with Gasteiger partial charge in [0.05, 0.1) is 31.5 Å². The molecule has 2 unspecified atom stereocenters. The first-order chi connectivity index (χ1) is 8.90. The van der Waals surface area contributed by atoms with E-state index in [9.17, 15) is 20.4 Å². The molecule has 7 atom stereocenters. The van der Waals surface area contributed by atoms with Crippen molar-refractivity contribution in [2.24, 2.45) is 5.73 Å². The van der Waals surface area contributed by atoms with Gasteiger partial charge in [-0.05, 0) is 6.92 Å². The first-order valence-electron chi connectivity index (χ1n) is 5.97. The molecule has 1 aliphatic rings. The fraction of sp³-hybridized carbons (Fsp3) is 0.750. The first kappa shape index (κ1) is 16.5. The summed E-state index contributed by atoms with van der Waals surface area (Å²) in [5, 5.41) is 38.6. The fourth-order valence-corrected chi connectivity index (χ4v) is 1.87. The molecule has 0 saturated carbocycles. The molecular formula is C12H21NO6. The van der Waals surface area contributed by atoms with Gasteiger partial charge in [0.25, 0.3) is 0 Å². The van der Waals surface area contributed by atoms with E-state index >= 15 is 0 Å². The quantitative estimate of drug-likeness (QED) is 0.255. The molecule has 0 aliphatic carbocycles. The Labute approximate surface area is 112 Å². The molecular weight excluding hydrogens is 254 g/mol. The lowest BCUT2D eigenvalue weighted by Crippen LogP contribution is -2.55. The smallest absolute Gasteiger partial charge is 0.110 e. The Bertz CT molecular complexity index is 289. The molecule has 1 aliphatic heterocycles. The number of nitrogens with two attached hydrogens (primary N) is 1. The van der Waals surface area contributed by atoms with E-state index in [2.05, 4.69) is 6.58 Å². The van der Waals surface area contributed by atoms with Crippen LogP contribution in [-0.4, -0.2) is 76.3 Å². The molecule has 0 bridgehead atoms. The second-order valence-corrected chi connectivity index (χ2v) is 4.51. The lowest BCUT2D eigenvalue weighted by atomic mass is 9.96. The molecule has 0 aromatic rings.